The molecule has 2 fully saturated rings. The molecule has 158 valence electrons. The van der Waals surface area contributed by atoms with Gasteiger partial charge >= 0.3 is 0 Å². The molecule has 3 aromatic rings. The molecule has 31 heavy (non-hydrogen) atoms. The minimum atomic E-state index is -0.547. The summed E-state index contributed by atoms with van der Waals surface area (Å²) >= 11 is 0. The van der Waals surface area contributed by atoms with Crippen LogP contribution < -0.4 is 0 Å². The molecular weight excluding hydrogens is 401 g/mol. The third-order valence-corrected chi connectivity index (χ3v) is 6.64. The van der Waals surface area contributed by atoms with E-state index < -0.39 is 5.95 Å². The number of amides is 1. The van der Waals surface area contributed by atoms with E-state index in [2.05, 4.69) is 21.2 Å². The summed E-state index contributed by atoms with van der Waals surface area (Å²) in [6, 6.07) is 5.31. The Hall–Kier alpha value is -3.33. The average Bonchev–Trinajstić information content (AvgIpc) is 3.52. The second kappa shape index (κ2) is 6.84. The largest absolute Gasteiger partial charge is 0.395 e. The highest BCUT2D eigenvalue weighted by Gasteiger charge is 2.50. The molecule has 0 spiro atoms. The number of carbonyl (C=O) groups excluding carboxylic acids is 1. The molecule has 3 atom stereocenters. The number of hydrogen-bond acceptors (Lipinski definition) is 6. The number of β-amino-alcohol motifs (C(OH)–C–C–N with tert-alkyl or cyclic N) is 1. The van der Waals surface area contributed by atoms with Crippen molar-refractivity contribution in [1.82, 2.24) is 24.4 Å². The lowest BCUT2D eigenvalue weighted by Crippen LogP contribution is -2.40. The van der Waals surface area contributed by atoms with E-state index in [4.69, 9.17) is 4.52 Å². The molecule has 3 aromatic heterocycles. The SMILES string of the molecule is O=C1C[C@@H]2CC3=C(c4noc(-c5nc6ccccn6c5F)n4)C=CCC3[C@@H]2N1CCO. The summed E-state index contributed by atoms with van der Waals surface area (Å²) in [6.07, 6.45) is 7.76. The van der Waals surface area contributed by atoms with Gasteiger partial charge in [0.1, 0.15) is 5.65 Å². The first-order valence-electron chi connectivity index (χ1n) is 10.4. The van der Waals surface area contributed by atoms with Crippen LogP contribution in [0.1, 0.15) is 25.1 Å². The Bertz CT molecular complexity index is 1260. The van der Waals surface area contributed by atoms with Crippen molar-refractivity contribution >= 4 is 17.1 Å². The van der Waals surface area contributed by atoms with Crippen LogP contribution in [0, 0.1) is 17.8 Å². The predicted octanol–water partition coefficient (Wildman–Crippen LogP) is 2.47. The molecule has 0 radical (unpaired) electrons. The van der Waals surface area contributed by atoms with Crippen molar-refractivity contribution in [3.05, 3.63) is 53.9 Å². The summed E-state index contributed by atoms with van der Waals surface area (Å²) in [4.78, 5) is 22.9. The zero-order valence-corrected chi connectivity index (χ0v) is 16.6. The summed E-state index contributed by atoms with van der Waals surface area (Å²) in [7, 11) is 0. The van der Waals surface area contributed by atoms with Crippen LogP contribution in [-0.2, 0) is 4.79 Å². The second-order valence-corrected chi connectivity index (χ2v) is 8.26. The molecule has 1 unspecified atom stereocenters. The lowest BCUT2D eigenvalue weighted by Gasteiger charge is -2.30. The van der Waals surface area contributed by atoms with E-state index in [0.29, 0.717) is 24.4 Å². The topological polar surface area (TPSA) is 96.8 Å². The number of aromatic nitrogens is 4. The maximum absolute atomic E-state index is 14.8. The van der Waals surface area contributed by atoms with Crippen LogP contribution in [0.15, 0.2) is 46.6 Å². The van der Waals surface area contributed by atoms with Crippen LogP contribution in [0.25, 0.3) is 22.8 Å². The number of allylic oxidation sites excluding steroid dienone is 3. The first kappa shape index (κ1) is 18.4. The number of nitrogens with zero attached hydrogens (tertiary/aromatic N) is 5. The maximum atomic E-state index is 14.8. The summed E-state index contributed by atoms with van der Waals surface area (Å²) in [5.74, 6) is 0.419. The van der Waals surface area contributed by atoms with Crippen molar-refractivity contribution in [3.8, 4) is 11.6 Å². The van der Waals surface area contributed by atoms with Gasteiger partial charge in [-0.25, -0.2) is 4.98 Å². The molecule has 1 amide bonds. The van der Waals surface area contributed by atoms with Crippen molar-refractivity contribution in [2.45, 2.75) is 25.3 Å². The first-order chi connectivity index (χ1) is 15.2. The van der Waals surface area contributed by atoms with Gasteiger partial charge in [0.2, 0.25) is 17.7 Å². The van der Waals surface area contributed by atoms with Gasteiger partial charge in [0.05, 0.1) is 6.61 Å². The standard InChI is InChI=1S/C22H20FN5O3/c23-20-18(24-16-6-1-2-7-27(16)20)22-25-21(26-31-22)14-5-3-4-13-15(14)10-12-11-17(30)28(8-9-29)19(12)13/h1-3,5-7,12-13,19,29H,4,8-11H2/t12-,13?,19+/m0/s1. The van der Waals surface area contributed by atoms with Crippen LogP contribution in [0.5, 0.6) is 0 Å². The van der Waals surface area contributed by atoms with E-state index in [-0.39, 0.29) is 42.0 Å². The molecule has 0 aromatic carbocycles. The minimum Gasteiger partial charge on any atom is -0.395 e. The van der Waals surface area contributed by atoms with Gasteiger partial charge in [-0.1, -0.05) is 28.9 Å². The van der Waals surface area contributed by atoms with Crippen molar-refractivity contribution < 1.29 is 18.8 Å². The van der Waals surface area contributed by atoms with E-state index in [9.17, 15) is 14.3 Å². The number of imidazole rings is 1. The first-order valence-corrected chi connectivity index (χ1v) is 10.4. The van der Waals surface area contributed by atoms with Crippen molar-refractivity contribution in [1.29, 1.82) is 0 Å². The van der Waals surface area contributed by atoms with Crippen LogP contribution in [0.3, 0.4) is 0 Å². The normalized spacial score (nSPS) is 25.0. The second-order valence-electron chi connectivity index (χ2n) is 8.26. The number of fused-ring (bicyclic) bond motifs is 4. The number of aliphatic hydroxyl groups excluding tert-OH is 1. The van der Waals surface area contributed by atoms with Crippen molar-refractivity contribution in [3.63, 3.8) is 0 Å². The average molecular weight is 421 g/mol. The van der Waals surface area contributed by atoms with E-state index in [1.54, 1.807) is 24.4 Å². The van der Waals surface area contributed by atoms with E-state index in [0.717, 1.165) is 18.4 Å². The molecule has 1 aliphatic heterocycles. The molecule has 1 N–H and O–H groups in total. The Labute approximate surface area is 176 Å². The van der Waals surface area contributed by atoms with E-state index in [1.165, 1.54) is 9.97 Å². The van der Waals surface area contributed by atoms with Crippen LogP contribution in [-0.4, -0.2) is 54.6 Å². The number of pyridine rings is 1. The zero-order chi connectivity index (χ0) is 21.1. The Balaban J connectivity index is 1.37. The van der Waals surface area contributed by atoms with Gasteiger partial charge in [0, 0.05) is 36.7 Å². The van der Waals surface area contributed by atoms with Gasteiger partial charge in [0.15, 0.2) is 5.69 Å². The number of rotatable bonds is 4. The lowest BCUT2D eigenvalue weighted by atomic mass is 9.86. The quantitative estimate of drug-likeness (QED) is 0.695. The van der Waals surface area contributed by atoms with E-state index >= 15 is 0 Å². The smallest absolute Gasteiger partial charge is 0.281 e. The van der Waals surface area contributed by atoms with E-state index in [1.807, 2.05) is 11.0 Å². The molecule has 9 heteroatoms. The number of carbonyl (C=O) groups is 1. The van der Waals surface area contributed by atoms with Gasteiger partial charge < -0.3 is 14.5 Å². The summed E-state index contributed by atoms with van der Waals surface area (Å²) in [5.41, 5.74) is 2.57. The van der Waals surface area contributed by atoms with Gasteiger partial charge in [-0.15, -0.1) is 0 Å². The van der Waals surface area contributed by atoms with Gasteiger partial charge in [0.25, 0.3) is 5.89 Å². The molecule has 2 aliphatic carbocycles. The monoisotopic (exact) mass is 421 g/mol. The molecule has 8 nitrogen and oxygen atoms in total. The number of likely N-dealkylation sites (tertiary alicyclic amines) is 1. The Morgan fingerprint density at radius 3 is 3.00 bits per heavy atom. The summed E-state index contributed by atoms with van der Waals surface area (Å²) in [5, 5.41) is 13.5. The third-order valence-electron chi connectivity index (χ3n) is 6.64. The third kappa shape index (κ3) is 2.69. The summed E-state index contributed by atoms with van der Waals surface area (Å²) < 4.78 is 21.5. The Kier molecular flexibility index (Phi) is 4.07. The predicted molar refractivity (Wildman–Crippen MR) is 108 cm³/mol. The fourth-order valence-electron chi connectivity index (χ4n) is 5.42. The highest BCUT2D eigenvalue weighted by atomic mass is 19.1. The zero-order valence-electron chi connectivity index (χ0n) is 16.6. The number of aliphatic hydroxyl groups is 1. The molecule has 4 heterocycles. The van der Waals surface area contributed by atoms with Crippen LogP contribution in [0.4, 0.5) is 4.39 Å². The molecule has 0 bridgehead atoms. The number of halogens is 1. The van der Waals surface area contributed by atoms with Crippen molar-refractivity contribution in [2.75, 3.05) is 13.2 Å². The summed E-state index contributed by atoms with van der Waals surface area (Å²) in [6.45, 7) is 0.324. The van der Waals surface area contributed by atoms with Crippen molar-refractivity contribution in [2.24, 2.45) is 11.8 Å². The van der Waals surface area contributed by atoms with Gasteiger partial charge in [-0.3, -0.25) is 9.20 Å². The Morgan fingerprint density at radius 2 is 2.16 bits per heavy atom. The van der Waals surface area contributed by atoms with Crippen LogP contribution in [0.2, 0.25) is 0 Å². The lowest BCUT2D eigenvalue weighted by molar-refractivity contribution is -0.129. The molecule has 1 saturated heterocycles. The molecule has 3 aliphatic rings. The van der Waals surface area contributed by atoms with Crippen LogP contribution >= 0.6 is 0 Å². The molecule has 6 rings (SSSR count). The van der Waals surface area contributed by atoms with Gasteiger partial charge in [-0.2, -0.15) is 9.37 Å². The Morgan fingerprint density at radius 1 is 1.26 bits per heavy atom. The highest BCUT2D eigenvalue weighted by molar-refractivity contribution is 5.82. The molecule has 1 saturated carbocycles. The maximum Gasteiger partial charge on any atom is 0.281 e. The highest BCUT2D eigenvalue weighted by Crippen LogP contribution is 2.51. The fourth-order valence-corrected chi connectivity index (χ4v) is 5.42. The minimum absolute atomic E-state index is 0.0231. The molecular formula is C22H20FN5O3. The fraction of sp³-hybridized carbons (Fsp3) is 0.364. The number of hydrogen-bond donors (Lipinski definition) is 1. The van der Waals surface area contributed by atoms with Gasteiger partial charge in [-0.05, 0) is 30.9 Å².